The highest BCUT2D eigenvalue weighted by Crippen LogP contribution is 2.51. The first kappa shape index (κ1) is 45.1. The summed E-state index contributed by atoms with van der Waals surface area (Å²) in [6, 6.07) is 13.7. The zero-order chi connectivity index (χ0) is 44.5. The van der Waals surface area contributed by atoms with E-state index in [9.17, 15) is 49.1 Å². The van der Waals surface area contributed by atoms with Crippen LogP contribution in [0, 0.1) is 17.8 Å². The van der Waals surface area contributed by atoms with Gasteiger partial charge in [-0.1, -0.05) is 29.8 Å². The molecule has 0 radical (unpaired) electrons. The molecule has 2 amide bonds. The number of carbonyl (C=O) groups is 3. The zero-order valence-electron chi connectivity index (χ0n) is 32.8. The Balaban J connectivity index is 1.12. The third-order valence-electron chi connectivity index (χ3n) is 10.6. The number of hydrogen-bond acceptors (Lipinski definition) is 11. The summed E-state index contributed by atoms with van der Waals surface area (Å²) < 4.78 is 119. The molecule has 1 saturated carbocycles. The van der Waals surface area contributed by atoms with Gasteiger partial charge in [0.05, 0.1) is 36.8 Å². The van der Waals surface area contributed by atoms with Crippen LogP contribution < -0.4 is 14.8 Å². The van der Waals surface area contributed by atoms with Gasteiger partial charge in [0.2, 0.25) is 5.88 Å². The highest BCUT2D eigenvalue weighted by atomic mass is 35.5. The Morgan fingerprint density at radius 2 is 1.70 bits per heavy atom. The van der Waals surface area contributed by atoms with E-state index in [-0.39, 0.29) is 65.7 Å². The molecule has 61 heavy (non-hydrogen) atoms. The van der Waals surface area contributed by atoms with Crippen LogP contribution in [0.1, 0.15) is 78.3 Å². The van der Waals surface area contributed by atoms with Crippen LogP contribution in [0.15, 0.2) is 71.9 Å². The number of pyridine rings is 2. The molecule has 3 unspecified atom stereocenters. The van der Waals surface area contributed by atoms with Crippen LogP contribution in [0.2, 0.25) is 5.15 Å². The Bertz CT molecular complexity index is 2380. The number of carbonyl (C=O) groups excluding carboxylic acids is 3. The monoisotopic (exact) mass is 899 g/mol. The fraction of sp³-hybridized carbons (Fsp3) is 0.436. The fourth-order valence-electron chi connectivity index (χ4n) is 7.35. The van der Waals surface area contributed by atoms with Crippen LogP contribution in [0.25, 0.3) is 5.82 Å². The van der Waals surface area contributed by atoms with Crippen molar-refractivity contribution >= 4 is 45.2 Å². The summed E-state index contributed by atoms with van der Waals surface area (Å²) in [5.41, 5.74) is -0.479. The minimum Gasteiger partial charge on any atom is -0.477 e. The lowest BCUT2D eigenvalue weighted by molar-refractivity contribution is -0.188. The molecule has 1 saturated heterocycles. The Morgan fingerprint density at radius 3 is 2.34 bits per heavy atom. The summed E-state index contributed by atoms with van der Waals surface area (Å²) in [7, 11) is -3.40. The van der Waals surface area contributed by atoms with E-state index in [1.165, 1.54) is 60.5 Å². The largest absolute Gasteiger partial charge is 0.477 e. The van der Waals surface area contributed by atoms with Gasteiger partial charge in [0.1, 0.15) is 11.0 Å². The maximum absolute atomic E-state index is 13.4. The van der Waals surface area contributed by atoms with Crippen LogP contribution in [-0.4, -0.2) is 89.0 Å². The maximum atomic E-state index is 13.4. The van der Waals surface area contributed by atoms with Crippen molar-refractivity contribution in [3.05, 3.63) is 88.7 Å². The van der Waals surface area contributed by atoms with Gasteiger partial charge in [-0.05, 0) is 99.7 Å². The predicted molar refractivity (Wildman–Crippen MR) is 206 cm³/mol. The van der Waals surface area contributed by atoms with Gasteiger partial charge < -0.3 is 19.7 Å². The van der Waals surface area contributed by atoms with Crippen molar-refractivity contribution in [3.63, 3.8) is 0 Å². The van der Waals surface area contributed by atoms with Crippen LogP contribution in [0.4, 0.5) is 32.2 Å². The number of sulfonamides is 1. The first-order valence-electron chi connectivity index (χ1n) is 18.9. The van der Waals surface area contributed by atoms with Crippen LogP contribution in [0.3, 0.4) is 0 Å². The number of methoxy groups -OCH3 is 1. The van der Waals surface area contributed by atoms with Crippen molar-refractivity contribution < 1.29 is 58.6 Å². The molecule has 4 heterocycles. The first-order chi connectivity index (χ1) is 28.6. The third kappa shape index (κ3) is 10.9. The average Bonchev–Trinajstić information content (AvgIpc) is 3.73. The number of aromatic nitrogens is 4. The number of ether oxygens (including phenoxy) is 2. The fourth-order valence-corrected chi connectivity index (χ4v) is 8.52. The molecular formula is C39H40ClF6N7O7S. The molecule has 2 aliphatic rings. The lowest BCUT2D eigenvalue weighted by Crippen LogP contribution is -2.48. The van der Waals surface area contributed by atoms with Gasteiger partial charge in [-0.15, -0.1) is 5.10 Å². The molecular weight excluding hydrogens is 860 g/mol. The average molecular weight is 900 g/mol. The van der Waals surface area contributed by atoms with Crippen LogP contribution >= 0.6 is 11.6 Å². The number of hydrogen-bond donors (Lipinski definition) is 2. The second-order valence-electron chi connectivity index (χ2n) is 15.4. The smallest absolute Gasteiger partial charge is 0.471 e. The zero-order valence-corrected chi connectivity index (χ0v) is 34.3. The molecule has 4 aromatic rings. The molecule has 3 aromatic heterocycles. The third-order valence-corrected chi connectivity index (χ3v) is 12.1. The van der Waals surface area contributed by atoms with Gasteiger partial charge in [-0.25, -0.2) is 24.2 Å². The molecule has 0 spiro atoms. The molecule has 2 fully saturated rings. The minimum absolute atomic E-state index is 0.0236. The molecule has 328 valence electrons. The van der Waals surface area contributed by atoms with Gasteiger partial charge in [0.25, 0.3) is 15.9 Å². The van der Waals surface area contributed by atoms with Crippen molar-refractivity contribution in [3.8, 4) is 11.7 Å². The molecule has 4 atom stereocenters. The van der Waals surface area contributed by atoms with Gasteiger partial charge in [0, 0.05) is 24.3 Å². The van der Waals surface area contributed by atoms with E-state index in [0.29, 0.717) is 24.8 Å². The number of likely N-dealkylation sites (tertiary alicyclic amines) is 1. The van der Waals surface area contributed by atoms with Crippen molar-refractivity contribution in [1.29, 1.82) is 0 Å². The Morgan fingerprint density at radius 1 is 0.984 bits per heavy atom. The van der Waals surface area contributed by atoms with Gasteiger partial charge >= 0.3 is 24.2 Å². The summed E-state index contributed by atoms with van der Waals surface area (Å²) in [5.74, 6) is -5.44. The number of rotatable bonds is 15. The van der Waals surface area contributed by atoms with Crippen LogP contribution in [0.5, 0.6) is 5.88 Å². The van der Waals surface area contributed by atoms with Crippen molar-refractivity contribution in [2.24, 2.45) is 17.8 Å². The van der Waals surface area contributed by atoms with E-state index >= 15 is 0 Å². The standard InChI is InChI=1S/C39H40ClF6N7O7S/c1-37(2)20-22(21-52(37)36(56)39(44,45)46)7-13-28(23-8-10-24(11-9-23)35(55)59-3)47-29-5-4-6-32(48-29)61(57,58)51-34(54)26-12-14-30(49-33(26)40)53-17-15-31(50-53)60-18-16-25-19-27(25)38(41,42)43/h4-6,8-12,14-15,17,22,25,27-28H,7,13,16,18-21H2,1-3H3,(H,47,48)(H,51,54)/t22-,25?,27?,28?/m0/s1. The summed E-state index contributed by atoms with van der Waals surface area (Å²) in [4.78, 5) is 46.6. The van der Waals surface area contributed by atoms with E-state index in [2.05, 4.69) is 20.4 Å². The van der Waals surface area contributed by atoms with E-state index in [1.807, 2.05) is 4.72 Å². The lowest BCUT2D eigenvalue weighted by atomic mass is 9.90. The topological polar surface area (TPSA) is 175 Å². The molecule has 14 nitrogen and oxygen atoms in total. The highest BCUT2D eigenvalue weighted by molar-refractivity contribution is 7.90. The second kappa shape index (κ2) is 17.5. The highest BCUT2D eigenvalue weighted by Gasteiger charge is 2.55. The molecule has 1 aliphatic heterocycles. The van der Waals surface area contributed by atoms with E-state index in [0.717, 1.165) is 11.0 Å². The van der Waals surface area contributed by atoms with E-state index in [1.54, 1.807) is 26.0 Å². The summed E-state index contributed by atoms with van der Waals surface area (Å²) in [5, 5.41) is 6.40. The molecule has 22 heteroatoms. The normalized spacial score (nSPS) is 19.2. The van der Waals surface area contributed by atoms with Gasteiger partial charge in [-0.2, -0.15) is 34.8 Å². The van der Waals surface area contributed by atoms with Gasteiger partial charge in [-0.3, -0.25) is 9.59 Å². The van der Waals surface area contributed by atoms with Crippen molar-refractivity contribution in [1.82, 2.24) is 29.4 Å². The number of esters is 1. The summed E-state index contributed by atoms with van der Waals surface area (Å²) in [6.07, 6.45) is -6.57. The Hall–Kier alpha value is -5.44. The van der Waals surface area contributed by atoms with E-state index in [4.69, 9.17) is 21.1 Å². The number of amides is 2. The molecule has 2 N–H and O–H groups in total. The second-order valence-corrected chi connectivity index (χ2v) is 17.4. The number of nitrogens with zero attached hydrogens (tertiary/aromatic N) is 5. The molecule has 6 rings (SSSR count). The van der Waals surface area contributed by atoms with E-state index < -0.39 is 68.6 Å². The lowest BCUT2D eigenvalue weighted by Gasteiger charge is -2.31. The SMILES string of the molecule is COC(=O)c1ccc(C(CC[C@@H]2CN(C(=O)C(F)(F)F)C(C)(C)C2)Nc2cccc(S(=O)(=O)NC(=O)c3ccc(-n4ccc(OCCC5CC5C(F)(F)F)n4)nc3Cl)n2)cc1. The van der Waals surface area contributed by atoms with Crippen LogP contribution in [-0.2, 0) is 19.6 Å². The van der Waals surface area contributed by atoms with Crippen molar-refractivity contribution in [2.75, 3.05) is 25.6 Å². The Kier molecular flexibility index (Phi) is 12.9. The number of nitrogens with one attached hydrogen (secondary N) is 2. The molecule has 1 aliphatic carbocycles. The minimum atomic E-state index is -5.03. The van der Waals surface area contributed by atoms with Gasteiger partial charge in [0.15, 0.2) is 10.8 Å². The summed E-state index contributed by atoms with van der Waals surface area (Å²) >= 11 is 6.29. The van der Waals surface area contributed by atoms with Crippen molar-refractivity contribution in [2.45, 2.75) is 74.9 Å². The summed E-state index contributed by atoms with van der Waals surface area (Å²) in [6.45, 7) is 3.05. The molecule has 0 bridgehead atoms. The number of benzene rings is 1. The quantitative estimate of drug-likeness (QED) is 0.0696. The Labute approximate surface area is 351 Å². The predicted octanol–water partition coefficient (Wildman–Crippen LogP) is 7.31. The molecule has 1 aromatic carbocycles. The number of halogens is 7. The number of anilines is 1. The number of alkyl halides is 6. The maximum Gasteiger partial charge on any atom is 0.471 e. The first-order valence-corrected chi connectivity index (χ1v) is 20.7.